The van der Waals surface area contributed by atoms with Crippen LogP contribution >= 0.6 is 12.2 Å². The summed E-state index contributed by atoms with van der Waals surface area (Å²) in [4.78, 5) is 1.26. The van der Waals surface area contributed by atoms with E-state index in [0.717, 1.165) is 19.3 Å². The molecule has 0 spiro atoms. The van der Waals surface area contributed by atoms with E-state index in [1.165, 1.54) is 0 Å². The molecule has 2 unspecified atom stereocenters. The molecule has 1 aliphatic heterocycles. The van der Waals surface area contributed by atoms with E-state index in [1.54, 1.807) is 4.90 Å². The summed E-state index contributed by atoms with van der Waals surface area (Å²) < 4.78 is 38.4. The van der Waals surface area contributed by atoms with Crippen molar-refractivity contribution in [3.63, 3.8) is 0 Å². The summed E-state index contributed by atoms with van der Waals surface area (Å²) >= 11 is 4.52. The van der Waals surface area contributed by atoms with Crippen LogP contribution in [0.4, 0.5) is 13.2 Å². The van der Waals surface area contributed by atoms with E-state index in [-0.39, 0.29) is 19.2 Å². The second-order valence-corrected chi connectivity index (χ2v) is 5.12. The lowest BCUT2D eigenvalue weighted by atomic mass is 9.97. The minimum absolute atomic E-state index is 0.00273. The van der Waals surface area contributed by atoms with Gasteiger partial charge in [-0.1, -0.05) is 18.6 Å². The van der Waals surface area contributed by atoms with Crippen LogP contribution in [-0.2, 0) is 0 Å². The second kappa shape index (κ2) is 6.68. The first-order valence-electron chi connectivity index (χ1n) is 6.07. The van der Waals surface area contributed by atoms with Gasteiger partial charge in [-0.3, -0.25) is 4.90 Å². The number of aliphatic hydroxyl groups excluding tert-OH is 1. The molecule has 2 atom stereocenters. The van der Waals surface area contributed by atoms with Crippen LogP contribution in [0.3, 0.4) is 0 Å². The van der Waals surface area contributed by atoms with Gasteiger partial charge in [0.25, 0.3) is 0 Å². The third-order valence-corrected chi connectivity index (χ3v) is 3.65. The van der Waals surface area contributed by atoms with Gasteiger partial charge in [0.05, 0.1) is 4.99 Å². The van der Waals surface area contributed by atoms with Crippen molar-refractivity contribution in [2.24, 2.45) is 11.7 Å². The van der Waals surface area contributed by atoms with Crippen LogP contribution in [0, 0.1) is 5.92 Å². The summed E-state index contributed by atoms with van der Waals surface area (Å²) in [7, 11) is 0. The molecular weight excluding hydrogens is 265 g/mol. The molecule has 3 N–H and O–H groups in total. The van der Waals surface area contributed by atoms with E-state index >= 15 is 0 Å². The molecule has 1 fully saturated rings. The Bertz CT molecular complexity index is 284. The van der Waals surface area contributed by atoms with Gasteiger partial charge in [0.15, 0.2) is 0 Å². The Labute approximate surface area is 110 Å². The van der Waals surface area contributed by atoms with Crippen LogP contribution in [0.5, 0.6) is 0 Å². The molecule has 0 saturated carbocycles. The summed E-state index contributed by atoms with van der Waals surface area (Å²) in [5, 5.41) is 8.94. The van der Waals surface area contributed by atoms with E-state index in [4.69, 9.17) is 10.8 Å². The molecule has 0 aliphatic carbocycles. The van der Waals surface area contributed by atoms with E-state index in [9.17, 15) is 13.2 Å². The van der Waals surface area contributed by atoms with Crippen LogP contribution in [0.1, 0.15) is 25.7 Å². The summed E-state index contributed by atoms with van der Waals surface area (Å²) in [6, 6.07) is 0.00273. The fraction of sp³-hybridized carbons (Fsp3) is 0.909. The summed E-state index contributed by atoms with van der Waals surface area (Å²) in [5.41, 5.74) is 5.19. The molecule has 0 bridgehead atoms. The van der Waals surface area contributed by atoms with Gasteiger partial charge in [0.1, 0.15) is 5.92 Å². The highest BCUT2D eigenvalue weighted by Gasteiger charge is 2.43. The van der Waals surface area contributed by atoms with Gasteiger partial charge in [-0.15, -0.1) is 0 Å². The van der Waals surface area contributed by atoms with E-state index in [1.807, 2.05) is 0 Å². The number of piperidine rings is 1. The maximum Gasteiger partial charge on any atom is 0.399 e. The molecule has 0 aromatic carbocycles. The number of nitrogens with two attached hydrogens (primary N) is 1. The fourth-order valence-corrected chi connectivity index (χ4v) is 2.57. The third-order valence-electron chi connectivity index (χ3n) is 3.37. The molecule has 1 heterocycles. The molecule has 0 aromatic heterocycles. The lowest BCUT2D eigenvalue weighted by Gasteiger charge is -2.37. The summed E-state index contributed by atoms with van der Waals surface area (Å²) in [5.74, 6) is -1.76. The fourth-order valence-electron chi connectivity index (χ4n) is 2.37. The Morgan fingerprint density at radius 3 is 2.61 bits per heavy atom. The van der Waals surface area contributed by atoms with Gasteiger partial charge < -0.3 is 10.8 Å². The number of hydrogen-bond acceptors (Lipinski definition) is 3. The van der Waals surface area contributed by atoms with Gasteiger partial charge in [0.2, 0.25) is 0 Å². The van der Waals surface area contributed by atoms with E-state index in [2.05, 4.69) is 12.2 Å². The Morgan fingerprint density at radius 1 is 1.44 bits per heavy atom. The normalized spacial score (nSPS) is 23.9. The number of likely N-dealkylation sites (tertiary alicyclic amines) is 1. The highest BCUT2D eigenvalue weighted by Crippen LogP contribution is 2.30. The topological polar surface area (TPSA) is 49.5 Å². The molecule has 0 aromatic rings. The monoisotopic (exact) mass is 284 g/mol. The van der Waals surface area contributed by atoms with Crippen LogP contribution < -0.4 is 5.73 Å². The second-order valence-electron chi connectivity index (χ2n) is 4.65. The first-order chi connectivity index (χ1) is 8.36. The molecule has 18 heavy (non-hydrogen) atoms. The highest BCUT2D eigenvalue weighted by atomic mass is 32.1. The Morgan fingerprint density at radius 2 is 2.11 bits per heavy atom. The Hall–Kier alpha value is -0.400. The molecule has 1 rings (SSSR count). The Kier molecular flexibility index (Phi) is 5.81. The number of alkyl halides is 3. The minimum Gasteiger partial charge on any atom is -0.396 e. The van der Waals surface area contributed by atoms with Gasteiger partial charge in [-0.2, -0.15) is 13.2 Å². The zero-order chi connectivity index (χ0) is 13.8. The van der Waals surface area contributed by atoms with Crippen LogP contribution in [0.25, 0.3) is 0 Å². The lowest BCUT2D eigenvalue weighted by molar-refractivity contribution is -0.161. The summed E-state index contributed by atoms with van der Waals surface area (Å²) in [6.07, 6.45) is -1.20. The largest absolute Gasteiger partial charge is 0.399 e. The van der Waals surface area contributed by atoms with Crippen molar-refractivity contribution < 1.29 is 18.3 Å². The minimum atomic E-state index is -4.40. The molecule has 0 amide bonds. The zero-order valence-corrected chi connectivity index (χ0v) is 10.9. The average Bonchev–Trinajstić information content (AvgIpc) is 2.26. The quantitative estimate of drug-likeness (QED) is 0.754. The van der Waals surface area contributed by atoms with Gasteiger partial charge in [-0.05, 0) is 25.8 Å². The average molecular weight is 284 g/mol. The van der Waals surface area contributed by atoms with Gasteiger partial charge in [0, 0.05) is 19.2 Å². The van der Waals surface area contributed by atoms with Gasteiger partial charge >= 0.3 is 6.18 Å². The number of rotatable bonds is 5. The number of thiocarbonyl (C=S) groups is 1. The number of nitrogens with zero attached hydrogens (tertiary/aromatic N) is 1. The third kappa shape index (κ3) is 4.37. The van der Waals surface area contributed by atoms with Crippen LogP contribution in [0.15, 0.2) is 0 Å². The summed E-state index contributed by atoms with van der Waals surface area (Å²) in [6.45, 7) is 0.411. The number of hydrogen-bond donors (Lipinski definition) is 2. The van der Waals surface area contributed by atoms with E-state index in [0.29, 0.717) is 13.0 Å². The van der Waals surface area contributed by atoms with Crippen LogP contribution in [0.2, 0.25) is 0 Å². The SMILES string of the molecule is NC(=S)C(CN1CCCCC1CCO)C(F)(F)F. The molecular formula is C11H19F3N2OS. The number of halogens is 3. The van der Waals surface area contributed by atoms with Crippen LogP contribution in [-0.4, -0.2) is 46.9 Å². The predicted octanol–water partition coefficient (Wildman–Crippen LogP) is 1.69. The maximum atomic E-state index is 12.8. The van der Waals surface area contributed by atoms with Crippen molar-refractivity contribution in [2.45, 2.75) is 37.9 Å². The molecule has 7 heteroatoms. The smallest absolute Gasteiger partial charge is 0.396 e. The predicted molar refractivity (Wildman–Crippen MR) is 67.2 cm³/mol. The van der Waals surface area contributed by atoms with Crippen molar-refractivity contribution in [3.05, 3.63) is 0 Å². The molecule has 3 nitrogen and oxygen atoms in total. The van der Waals surface area contributed by atoms with E-state index < -0.39 is 17.1 Å². The first kappa shape index (κ1) is 15.7. The maximum absolute atomic E-state index is 12.8. The van der Waals surface area contributed by atoms with Crippen molar-refractivity contribution >= 4 is 17.2 Å². The highest BCUT2D eigenvalue weighted by molar-refractivity contribution is 7.80. The Balaban J connectivity index is 2.69. The van der Waals surface area contributed by atoms with Crippen molar-refractivity contribution in [2.75, 3.05) is 19.7 Å². The lowest BCUT2D eigenvalue weighted by Crippen LogP contribution is -2.49. The molecule has 1 saturated heterocycles. The van der Waals surface area contributed by atoms with Gasteiger partial charge in [-0.25, -0.2) is 0 Å². The standard InChI is InChI=1S/C11H19F3N2OS/c12-11(13,14)9(10(15)18)7-16-5-2-1-3-8(16)4-6-17/h8-9,17H,1-7H2,(H2,15,18). The van der Waals surface area contributed by atoms with Crippen molar-refractivity contribution in [1.29, 1.82) is 0 Å². The molecule has 0 radical (unpaired) electrons. The number of aliphatic hydroxyl groups is 1. The van der Waals surface area contributed by atoms with Crippen molar-refractivity contribution in [1.82, 2.24) is 4.90 Å². The molecule has 106 valence electrons. The van der Waals surface area contributed by atoms with Crippen molar-refractivity contribution in [3.8, 4) is 0 Å². The first-order valence-corrected chi connectivity index (χ1v) is 6.48. The zero-order valence-electron chi connectivity index (χ0n) is 10.1. The molecule has 1 aliphatic rings.